The molecule has 6 rings (SSSR count). The van der Waals surface area contributed by atoms with E-state index in [2.05, 4.69) is 0 Å². The van der Waals surface area contributed by atoms with Gasteiger partial charge in [0.1, 0.15) is 5.75 Å². The van der Waals surface area contributed by atoms with Crippen LogP contribution in [-0.2, 0) is 31.3 Å². The van der Waals surface area contributed by atoms with Gasteiger partial charge in [0.25, 0.3) is 0 Å². The van der Waals surface area contributed by atoms with Crippen LogP contribution >= 0.6 is 0 Å². The van der Waals surface area contributed by atoms with Gasteiger partial charge in [-0.2, -0.15) is 26.3 Å². The fourth-order valence-corrected chi connectivity index (χ4v) is 6.83. The number of aromatic hydroxyl groups is 1. The number of hydrogen-bond acceptors (Lipinski definition) is 6. The molecule has 3 aliphatic rings. The van der Waals surface area contributed by atoms with Crippen LogP contribution in [0.5, 0.6) is 5.75 Å². The van der Waals surface area contributed by atoms with Gasteiger partial charge in [-0.3, -0.25) is 9.59 Å². The van der Waals surface area contributed by atoms with Crippen LogP contribution in [0.15, 0.2) is 65.6 Å². The zero-order chi connectivity index (χ0) is 31.7. The maximum atomic E-state index is 13.9. The highest BCUT2D eigenvalue weighted by molar-refractivity contribution is 6.53. The number of anilines is 1. The zero-order valence-electron chi connectivity index (χ0n) is 22.9. The van der Waals surface area contributed by atoms with E-state index in [-0.39, 0.29) is 31.3 Å². The average molecular weight is 619 g/mol. The number of halogens is 6. The maximum Gasteiger partial charge on any atom is 0.487 e. The molecule has 2 fully saturated rings. The Hall–Kier alpha value is -3.88. The molecule has 3 aromatic rings. The molecule has 2 N–H and O–H groups in total. The van der Waals surface area contributed by atoms with Crippen LogP contribution in [0, 0.1) is 17.8 Å². The molecule has 0 spiro atoms. The average Bonchev–Trinajstić information content (AvgIpc) is 3.21. The summed E-state index contributed by atoms with van der Waals surface area (Å²) < 4.78 is 93.0. The number of alkyl halides is 6. The summed E-state index contributed by atoms with van der Waals surface area (Å²) in [4.78, 5) is 28.0. The summed E-state index contributed by atoms with van der Waals surface area (Å²) in [5, 5.41) is 22.7. The number of methoxy groups -OCH3 is 1. The Morgan fingerprint density at radius 3 is 2.18 bits per heavy atom. The number of nitrogens with zero attached hydrogens (tertiary/aromatic N) is 1. The molecule has 4 atom stereocenters. The van der Waals surface area contributed by atoms with Gasteiger partial charge in [0.05, 0.1) is 41.4 Å². The lowest BCUT2D eigenvalue weighted by atomic mass is 9.55. The highest BCUT2D eigenvalue weighted by atomic mass is 19.4. The van der Waals surface area contributed by atoms with Crippen LogP contribution < -0.4 is 4.90 Å². The lowest BCUT2D eigenvalue weighted by Gasteiger charge is -2.42. The lowest BCUT2D eigenvalue weighted by molar-refractivity contribution is -0.143. The molecule has 2 amide bonds. The number of fused-ring (bicyclic) bond motifs is 4. The predicted octanol–water partition coefficient (Wildman–Crippen LogP) is 5.83. The number of benzene rings is 3. The molecule has 3 aromatic carbocycles. The second kappa shape index (κ2) is 10.6. The van der Waals surface area contributed by atoms with Gasteiger partial charge in [0.2, 0.25) is 11.8 Å². The van der Waals surface area contributed by atoms with Gasteiger partial charge in [-0.05, 0) is 65.0 Å². The van der Waals surface area contributed by atoms with Gasteiger partial charge < -0.3 is 19.5 Å². The van der Waals surface area contributed by atoms with E-state index in [4.69, 9.17) is 9.39 Å². The summed E-state index contributed by atoms with van der Waals surface area (Å²) in [6.45, 7) is -0.0501. The number of ether oxygens (including phenoxy) is 1. The Labute approximate surface area is 246 Å². The Bertz CT molecular complexity index is 1670. The molecule has 0 aromatic heterocycles. The minimum absolute atomic E-state index is 0.00734. The van der Waals surface area contributed by atoms with E-state index in [1.54, 1.807) is 30.3 Å². The van der Waals surface area contributed by atoms with Gasteiger partial charge in [0.15, 0.2) is 0 Å². The summed E-state index contributed by atoms with van der Waals surface area (Å²) in [5.41, 5.74) is -2.80. The smallest absolute Gasteiger partial charge is 0.487 e. The Balaban J connectivity index is 1.44. The third-order valence-corrected chi connectivity index (χ3v) is 8.64. The van der Waals surface area contributed by atoms with Crippen molar-refractivity contribution < 1.29 is 55.5 Å². The third kappa shape index (κ3) is 4.94. The highest BCUT2D eigenvalue weighted by Crippen LogP contribution is 2.53. The van der Waals surface area contributed by atoms with E-state index < -0.39 is 72.0 Å². The predicted molar refractivity (Wildman–Crippen MR) is 145 cm³/mol. The molecule has 1 aliphatic carbocycles. The molecule has 0 radical (unpaired) electrons. The first-order chi connectivity index (χ1) is 20.7. The topological polar surface area (TPSA) is 96.3 Å². The molecule has 230 valence electrons. The first kappa shape index (κ1) is 30.2. The number of allylic oxidation sites excluding steroid dienone is 1. The number of rotatable bonds is 4. The van der Waals surface area contributed by atoms with Crippen LogP contribution in [-0.4, -0.2) is 42.8 Å². The van der Waals surface area contributed by atoms with E-state index in [0.29, 0.717) is 44.4 Å². The van der Waals surface area contributed by atoms with Crippen LogP contribution in [0.1, 0.15) is 35.6 Å². The van der Waals surface area contributed by atoms with E-state index in [1.807, 2.05) is 0 Å². The highest BCUT2D eigenvalue weighted by Gasteiger charge is 2.58. The number of amides is 2. The van der Waals surface area contributed by atoms with Crippen molar-refractivity contribution >= 4 is 35.4 Å². The van der Waals surface area contributed by atoms with Crippen molar-refractivity contribution in [3.63, 3.8) is 0 Å². The zero-order valence-corrected chi connectivity index (χ0v) is 22.9. The molecule has 44 heavy (non-hydrogen) atoms. The molecule has 0 saturated carbocycles. The number of phenols is 1. The van der Waals surface area contributed by atoms with E-state index in [0.717, 1.165) is 0 Å². The minimum atomic E-state index is -5.18. The fraction of sp³-hybridized carbons (Fsp3) is 0.333. The summed E-state index contributed by atoms with van der Waals surface area (Å²) in [7, 11) is -0.162. The molecule has 2 aliphatic heterocycles. The molecular weight excluding hydrogens is 595 g/mol. The SMILES string of the molecule is COCC1=C2B(O)O[C@H](c3ccc(O)c4ccccc34)C[C@H]2[C@H]2C(=O)N(c3cc(C(F)(F)F)cc(C(F)(F)F)c3)C(=O)[C@H]2C1. The molecule has 0 unspecified atom stereocenters. The number of phenolic OH excluding ortho intramolecular Hbond substituents is 1. The Morgan fingerprint density at radius 2 is 1.57 bits per heavy atom. The fourth-order valence-electron chi connectivity index (χ4n) is 6.83. The first-order valence-electron chi connectivity index (χ1n) is 13.6. The van der Waals surface area contributed by atoms with Gasteiger partial charge in [-0.15, -0.1) is 0 Å². The van der Waals surface area contributed by atoms with E-state index in [9.17, 15) is 46.1 Å². The monoisotopic (exact) mass is 619 g/mol. The van der Waals surface area contributed by atoms with Crippen molar-refractivity contribution in [3.8, 4) is 5.75 Å². The van der Waals surface area contributed by atoms with Crippen LogP contribution in [0.2, 0.25) is 0 Å². The van der Waals surface area contributed by atoms with Crippen molar-refractivity contribution in [2.24, 2.45) is 17.8 Å². The second-order valence-corrected chi connectivity index (χ2v) is 11.1. The van der Waals surface area contributed by atoms with Crippen LogP contribution in [0.4, 0.5) is 32.0 Å². The molecule has 2 saturated heterocycles. The normalized spacial score (nSPS) is 24.3. The van der Waals surface area contributed by atoms with Crippen molar-refractivity contribution in [3.05, 3.63) is 82.3 Å². The summed E-state index contributed by atoms with van der Waals surface area (Å²) in [6.07, 6.45) is -11.3. The molecule has 14 heteroatoms. The maximum absolute atomic E-state index is 13.9. The summed E-state index contributed by atoms with van der Waals surface area (Å²) in [6, 6.07) is 10.6. The largest absolute Gasteiger partial charge is 0.507 e. The van der Waals surface area contributed by atoms with Crippen LogP contribution in [0.25, 0.3) is 10.8 Å². The number of imide groups is 1. The van der Waals surface area contributed by atoms with Gasteiger partial charge in [0, 0.05) is 12.5 Å². The standard InChI is InChI=1S/C30H24BF6NO6/c1-43-13-14-8-22-25(28(41)38(27(22)40)17-10-15(29(32,33)34)9-16(11-17)30(35,36)37)21-12-24(44-31(42)26(14)21)20-6-7-23(39)19-5-3-2-4-18(19)20/h2-7,9-11,21-22,24-25,39,42H,8,12-13H2,1H3/t21-,22-,24-,25+/m0/s1. The molecule has 2 heterocycles. The van der Waals surface area contributed by atoms with Gasteiger partial charge in [-0.1, -0.05) is 30.3 Å². The lowest BCUT2D eigenvalue weighted by Crippen LogP contribution is -2.45. The molecular formula is C30H24BF6NO6. The number of hydrogen-bond donors (Lipinski definition) is 2. The third-order valence-electron chi connectivity index (χ3n) is 8.64. The van der Waals surface area contributed by atoms with Crippen LogP contribution in [0.3, 0.4) is 0 Å². The molecule has 0 bridgehead atoms. The van der Waals surface area contributed by atoms with Crippen molar-refractivity contribution in [1.82, 2.24) is 0 Å². The quantitative estimate of drug-likeness (QED) is 0.217. The summed E-state index contributed by atoms with van der Waals surface area (Å²) >= 11 is 0. The minimum Gasteiger partial charge on any atom is -0.507 e. The van der Waals surface area contributed by atoms with Crippen molar-refractivity contribution in [2.75, 3.05) is 18.6 Å². The first-order valence-corrected chi connectivity index (χ1v) is 13.6. The van der Waals surface area contributed by atoms with Gasteiger partial charge in [-0.25, -0.2) is 4.90 Å². The van der Waals surface area contributed by atoms with Crippen molar-refractivity contribution in [2.45, 2.75) is 31.3 Å². The Kier molecular flexibility index (Phi) is 7.29. The van der Waals surface area contributed by atoms with E-state index in [1.165, 1.54) is 13.2 Å². The second-order valence-electron chi connectivity index (χ2n) is 11.1. The number of carbonyl (C=O) groups is 2. The molecule has 7 nitrogen and oxygen atoms in total. The van der Waals surface area contributed by atoms with E-state index >= 15 is 0 Å². The van der Waals surface area contributed by atoms with Gasteiger partial charge >= 0.3 is 19.5 Å². The Morgan fingerprint density at radius 1 is 0.932 bits per heavy atom. The van der Waals surface area contributed by atoms with Crippen molar-refractivity contribution in [1.29, 1.82) is 0 Å². The summed E-state index contributed by atoms with van der Waals surface area (Å²) in [5.74, 6) is -5.05. The number of carbonyl (C=O) groups excluding carboxylic acids is 2.